The van der Waals surface area contributed by atoms with Crippen molar-refractivity contribution in [3.05, 3.63) is 29.8 Å². The fourth-order valence-electron chi connectivity index (χ4n) is 3.00. The van der Waals surface area contributed by atoms with Gasteiger partial charge in [-0.25, -0.2) is 8.42 Å². The van der Waals surface area contributed by atoms with Gasteiger partial charge in [0.15, 0.2) is 0 Å². The highest BCUT2D eigenvalue weighted by Crippen LogP contribution is 2.27. The Balaban J connectivity index is 1.75. The summed E-state index contributed by atoms with van der Waals surface area (Å²) in [6.07, 6.45) is 1.95. The maximum atomic E-state index is 12.3. The number of hydrogen-bond acceptors (Lipinski definition) is 4. The third kappa shape index (κ3) is 3.35. The molecule has 0 saturated carbocycles. The number of nitrogens with zero attached hydrogens (tertiary/aromatic N) is 2. The van der Waals surface area contributed by atoms with Crippen LogP contribution >= 0.6 is 10.7 Å². The summed E-state index contributed by atoms with van der Waals surface area (Å²) in [6.45, 7) is 1.60. The van der Waals surface area contributed by atoms with E-state index in [0.717, 1.165) is 25.9 Å². The molecule has 0 aromatic heterocycles. The van der Waals surface area contributed by atoms with E-state index in [9.17, 15) is 18.0 Å². The highest BCUT2D eigenvalue weighted by atomic mass is 35.7. The van der Waals surface area contributed by atoms with Gasteiger partial charge in [0.05, 0.1) is 0 Å². The molecule has 3 rings (SSSR count). The Kier molecular flexibility index (Phi) is 4.33. The van der Waals surface area contributed by atoms with Crippen molar-refractivity contribution < 1.29 is 18.0 Å². The second-order valence-electron chi connectivity index (χ2n) is 5.85. The molecule has 0 spiro atoms. The van der Waals surface area contributed by atoms with Crippen molar-refractivity contribution in [3.63, 3.8) is 0 Å². The fraction of sp³-hybridized carbons (Fsp3) is 0.467. The maximum absolute atomic E-state index is 12.3. The fourth-order valence-corrected chi connectivity index (χ4v) is 4.03. The summed E-state index contributed by atoms with van der Waals surface area (Å²) >= 11 is 0. The van der Waals surface area contributed by atoms with Gasteiger partial charge in [-0.3, -0.25) is 9.59 Å². The molecule has 0 aliphatic carbocycles. The summed E-state index contributed by atoms with van der Waals surface area (Å²) in [5.74, 6) is -0.291. The van der Waals surface area contributed by atoms with E-state index in [2.05, 4.69) is 0 Å². The molecule has 1 atom stereocenters. The van der Waals surface area contributed by atoms with Gasteiger partial charge in [0.2, 0.25) is 15.0 Å². The van der Waals surface area contributed by atoms with E-state index in [4.69, 9.17) is 10.7 Å². The smallest absolute Gasteiger partial charge is 0.253 e. The number of carbonyl (C=O) groups is 2. The van der Waals surface area contributed by atoms with Crippen LogP contribution < -0.4 is 4.90 Å². The third-order valence-corrected chi connectivity index (χ3v) is 6.17. The monoisotopic (exact) mass is 356 g/mol. The molecule has 6 nitrogen and oxygen atoms in total. The van der Waals surface area contributed by atoms with E-state index in [1.807, 2.05) is 4.90 Å². The number of benzene rings is 1. The van der Waals surface area contributed by atoms with Crippen molar-refractivity contribution >= 4 is 37.2 Å². The zero-order valence-electron chi connectivity index (χ0n) is 12.4. The van der Waals surface area contributed by atoms with Gasteiger partial charge >= 0.3 is 0 Å². The molecule has 23 heavy (non-hydrogen) atoms. The Labute approximate surface area is 139 Å². The van der Waals surface area contributed by atoms with E-state index < -0.39 is 14.3 Å². The van der Waals surface area contributed by atoms with Crippen molar-refractivity contribution in [2.75, 3.05) is 24.5 Å². The Bertz CT molecular complexity index is 726. The highest BCUT2D eigenvalue weighted by molar-refractivity contribution is 8.14. The topological polar surface area (TPSA) is 74.8 Å². The molecule has 2 amide bonds. The van der Waals surface area contributed by atoms with Gasteiger partial charge in [0, 0.05) is 48.0 Å². The van der Waals surface area contributed by atoms with Crippen molar-refractivity contribution in [2.45, 2.75) is 24.5 Å². The first-order valence-corrected chi connectivity index (χ1v) is 9.87. The molecule has 124 valence electrons. The first-order chi connectivity index (χ1) is 10.9. The van der Waals surface area contributed by atoms with Crippen LogP contribution in [0.25, 0.3) is 0 Å². The van der Waals surface area contributed by atoms with Crippen LogP contribution in [0.1, 0.15) is 29.6 Å². The highest BCUT2D eigenvalue weighted by Gasteiger charge is 2.38. The van der Waals surface area contributed by atoms with Crippen molar-refractivity contribution in [3.8, 4) is 0 Å². The molecule has 0 radical (unpaired) electrons. The van der Waals surface area contributed by atoms with E-state index in [1.165, 1.54) is 4.90 Å². The summed E-state index contributed by atoms with van der Waals surface area (Å²) in [7, 11) is 1.58. The van der Waals surface area contributed by atoms with E-state index >= 15 is 0 Å². The van der Waals surface area contributed by atoms with Crippen molar-refractivity contribution in [2.24, 2.45) is 0 Å². The minimum atomic E-state index is -3.76. The van der Waals surface area contributed by atoms with Gasteiger partial charge in [-0.2, -0.15) is 0 Å². The Morgan fingerprint density at radius 2 is 1.74 bits per heavy atom. The molecule has 2 fully saturated rings. The summed E-state index contributed by atoms with van der Waals surface area (Å²) in [5.41, 5.74) is 1.15. The summed E-state index contributed by atoms with van der Waals surface area (Å²) in [6, 6.07) is 6.69. The van der Waals surface area contributed by atoms with Crippen LogP contribution in [-0.2, 0) is 13.8 Å². The first-order valence-electron chi connectivity index (χ1n) is 7.49. The molecule has 1 unspecified atom stereocenters. The van der Waals surface area contributed by atoms with E-state index in [0.29, 0.717) is 11.3 Å². The minimum Gasteiger partial charge on any atom is -0.339 e. The molecule has 2 saturated heterocycles. The third-order valence-electron chi connectivity index (χ3n) is 4.31. The second kappa shape index (κ2) is 6.13. The average Bonchev–Trinajstić information content (AvgIpc) is 3.15. The summed E-state index contributed by atoms with van der Waals surface area (Å²) < 4.78 is 22.8. The predicted molar refractivity (Wildman–Crippen MR) is 87.1 cm³/mol. The molecule has 2 aliphatic rings. The lowest BCUT2D eigenvalue weighted by Crippen LogP contribution is -2.28. The molecule has 2 heterocycles. The molecule has 1 aromatic carbocycles. The second-order valence-corrected chi connectivity index (χ2v) is 8.76. The number of halogens is 1. The summed E-state index contributed by atoms with van der Waals surface area (Å²) in [4.78, 5) is 27.5. The van der Waals surface area contributed by atoms with Gasteiger partial charge in [-0.1, -0.05) is 0 Å². The zero-order valence-corrected chi connectivity index (χ0v) is 14.0. The average molecular weight is 357 g/mol. The Hall–Kier alpha value is -1.60. The van der Waals surface area contributed by atoms with E-state index in [1.54, 1.807) is 24.3 Å². The molecular formula is C15H17ClN2O4S. The van der Waals surface area contributed by atoms with Crippen molar-refractivity contribution in [1.29, 1.82) is 0 Å². The molecule has 0 bridgehead atoms. The van der Waals surface area contributed by atoms with Crippen LogP contribution in [-0.4, -0.2) is 50.0 Å². The van der Waals surface area contributed by atoms with Gasteiger partial charge < -0.3 is 9.80 Å². The number of carbonyl (C=O) groups excluding carboxylic acids is 2. The standard InChI is InChI=1S/C15H17ClN2O4S/c16-23(21,22)13-9-14(19)18(10-13)12-5-3-11(4-6-12)15(20)17-7-1-2-8-17/h3-6,13H,1-2,7-10H2. The lowest BCUT2D eigenvalue weighted by Gasteiger charge is -2.18. The number of likely N-dealkylation sites (tertiary alicyclic amines) is 1. The van der Waals surface area contributed by atoms with E-state index in [-0.39, 0.29) is 24.8 Å². The lowest BCUT2D eigenvalue weighted by molar-refractivity contribution is -0.117. The van der Waals surface area contributed by atoms with Crippen LogP contribution in [0, 0.1) is 0 Å². The number of anilines is 1. The quantitative estimate of drug-likeness (QED) is 0.771. The molecule has 0 N–H and O–H groups in total. The van der Waals surface area contributed by atoms with Crippen LogP contribution in [0.15, 0.2) is 24.3 Å². The van der Waals surface area contributed by atoms with Gasteiger partial charge in [-0.15, -0.1) is 0 Å². The number of hydrogen-bond donors (Lipinski definition) is 0. The van der Waals surface area contributed by atoms with Crippen LogP contribution in [0.3, 0.4) is 0 Å². The van der Waals surface area contributed by atoms with Crippen LogP contribution in [0.2, 0.25) is 0 Å². The maximum Gasteiger partial charge on any atom is 0.253 e. The van der Waals surface area contributed by atoms with Crippen LogP contribution in [0.4, 0.5) is 5.69 Å². The summed E-state index contributed by atoms with van der Waals surface area (Å²) in [5, 5.41) is -0.887. The predicted octanol–water partition coefficient (Wildman–Crippen LogP) is 1.60. The van der Waals surface area contributed by atoms with Crippen LogP contribution in [0.5, 0.6) is 0 Å². The zero-order chi connectivity index (χ0) is 16.6. The van der Waals surface area contributed by atoms with Gasteiger partial charge in [0.1, 0.15) is 5.25 Å². The number of amides is 2. The Morgan fingerprint density at radius 3 is 2.26 bits per heavy atom. The van der Waals surface area contributed by atoms with Gasteiger partial charge in [0.25, 0.3) is 5.91 Å². The molecule has 2 aliphatic heterocycles. The number of rotatable bonds is 3. The molecule has 1 aromatic rings. The normalized spacial score (nSPS) is 22.0. The molecule has 8 heteroatoms. The lowest BCUT2D eigenvalue weighted by atomic mass is 10.1. The first kappa shape index (κ1) is 16.3. The SMILES string of the molecule is O=C(c1ccc(N2CC(S(=O)(=O)Cl)CC2=O)cc1)N1CCCC1. The Morgan fingerprint density at radius 1 is 1.13 bits per heavy atom. The molecular weight excluding hydrogens is 340 g/mol. The van der Waals surface area contributed by atoms with Gasteiger partial charge in [-0.05, 0) is 37.1 Å². The minimum absolute atomic E-state index is 0.0111. The largest absolute Gasteiger partial charge is 0.339 e. The van der Waals surface area contributed by atoms with Crippen molar-refractivity contribution in [1.82, 2.24) is 4.90 Å².